The molecule has 1 aromatic heterocycles. The number of amides is 1. The largest absolute Gasteiger partial charge is 0.480 e. The molecule has 0 atom stereocenters. The maximum atomic E-state index is 11.9. The summed E-state index contributed by atoms with van der Waals surface area (Å²) in [5.41, 5.74) is -1.07. The van der Waals surface area contributed by atoms with Crippen LogP contribution < -0.4 is 5.32 Å². The fourth-order valence-electron chi connectivity index (χ4n) is 2.44. The Morgan fingerprint density at radius 2 is 2.05 bits per heavy atom. The summed E-state index contributed by atoms with van der Waals surface area (Å²) in [5, 5.41) is 15.9. The van der Waals surface area contributed by atoms with Crippen LogP contribution in [0.4, 0.5) is 0 Å². The summed E-state index contributed by atoms with van der Waals surface area (Å²) in [6.07, 6.45) is 6.88. The van der Waals surface area contributed by atoms with Crippen molar-refractivity contribution in [1.29, 1.82) is 0 Å². The number of carboxylic acid groups (broad SMARTS) is 1. The molecule has 1 heterocycles. The Kier molecular flexibility index (Phi) is 4.13. The van der Waals surface area contributed by atoms with Gasteiger partial charge >= 0.3 is 5.97 Å². The van der Waals surface area contributed by atoms with Crippen molar-refractivity contribution in [3.8, 4) is 0 Å². The number of carboxylic acids is 1. The number of carbonyl (C=O) groups is 2. The second-order valence-corrected chi connectivity index (χ2v) is 4.90. The summed E-state index contributed by atoms with van der Waals surface area (Å²) in [7, 11) is 0. The van der Waals surface area contributed by atoms with Gasteiger partial charge in [0, 0.05) is 6.42 Å². The van der Waals surface area contributed by atoms with Crippen LogP contribution in [0.5, 0.6) is 0 Å². The van der Waals surface area contributed by atoms with E-state index in [-0.39, 0.29) is 12.3 Å². The van der Waals surface area contributed by atoms with Crippen molar-refractivity contribution in [3.63, 3.8) is 0 Å². The lowest BCUT2D eigenvalue weighted by molar-refractivity contribution is -0.149. The highest BCUT2D eigenvalue weighted by molar-refractivity contribution is 5.87. The summed E-state index contributed by atoms with van der Waals surface area (Å²) in [6, 6.07) is 0. The summed E-state index contributed by atoms with van der Waals surface area (Å²) >= 11 is 0. The molecular weight excluding hydrogens is 248 g/mol. The molecule has 0 aromatic carbocycles. The molecule has 1 aliphatic rings. The van der Waals surface area contributed by atoms with Crippen molar-refractivity contribution in [3.05, 3.63) is 12.7 Å². The predicted molar refractivity (Wildman–Crippen MR) is 66.2 cm³/mol. The van der Waals surface area contributed by atoms with Crippen molar-refractivity contribution in [1.82, 2.24) is 20.1 Å². The molecule has 7 heteroatoms. The number of aliphatic carboxylic acids is 1. The van der Waals surface area contributed by atoms with Gasteiger partial charge in [-0.15, -0.1) is 0 Å². The van der Waals surface area contributed by atoms with E-state index in [9.17, 15) is 14.7 Å². The molecule has 1 aliphatic carbocycles. The maximum Gasteiger partial charge on any atom is 0.329 e. The highest BCUT2D eigenvalue weighted by atomic mass is 16.4. The maximum absolute atomic E-state index is 11.9. The zero-order valence-corrected chi connectivity index (χ0v) is 10.7. The Bertz CT molecular complexity index is 438. The van der Waals surface area contributed by atoms with Crippen LogP contribution in [0.15, 0.2) is 12.7 Å². The van der Waals surface area contributed by atoms with E-state index in [1.165, 1.54) is 12.7 Å². The first kappa shape index (κ1) is 13.5. The van der Waals surface area contributed by atoms with E-state index in [4.69, 9.17) is 0 Å². The number of aromatic nitrogens is 3. The van der Waals surface area contributed by atoms with Gasteiger partial charge in [-0.1, -0.05) is 19.3 Å². The van der Waals surface area contributed by atoms with Gasteiger partial charge in [-0.05, 0) is 12.8 Å². The third-order valence-corrected chi connectivity index (χ3v) is 3.53. The lowest BCUT2D eigenvalue weighted by atomic mass is 9.81. The van der Waals surface area contributed by atoms with E-state index in [1.807, 2.05) is 0 Å². The quantitative estimate of drug-likeness (QED) is 0.812. The number of nitrogens with zero attached hydrogens (tertiary/aromatic N) is 3. The average molecular weight is 266 g/mol. The summed E-state index contributed by atoms with van der Waals surface area (Å²) < 4.78 is 1.55. The predicted octanol–water partition coefficient (Wildman–Crippen LogP) is 0.572. The lowest BCUT2D eigenvalue weighted by Gasteiger charge is -2.34. The Balaban J connectivity index is 1.90. The molecule has 0 bridgehead atoms. The van der Waals surface area contributed by atoms with Crippen molar-refractivity contribution < 1.29 is 14.7 Å². The summed E-state index contributed by atoms with van der Waals surface area (Å²) in [5.74, 6) is -1.18. The minimum Gasteiger partial charge on any atom is -0.480 e. The highest BCUT2D eigenvalue weighted by Crippen LogP contribution is 2.28. The van der Waals surface area contributed by atoms with Crippen LogP contribution in [-0.4, -0.2) is 37.3 Å². The first-order chi connectivity index (χ1) is 9.12. The number of aryl methyl sites for hydroxylation is 1. The molecule has 0 unspecified atom stereocenters. The molecule has 0 aliphatic heterocycles. The van der Waals surface area contributed by atoms with Gasteiger partial charge in [0.05, 0.1) is 6.54 Å². The Morgan fingerprint density at radius 1 is 1.32 bits per heavy atom. The third-order valence-electron chi connectivity index (χ3n) is 3.53. The van der Waals surface area contributed by atoms with E-state index in [1.54, 1.807) is 4.68 Å². The molecule has 1 aromatic rings. The van der Waals surface area contributed by atoms with Gasteiger partial charge in [-0.2, -0.15) is 5.10 Å². The lowest BCUT2D eigenvalue weighted by Crippen LogP contribution is -2.55. The van der Waals surface area contributed by atoms with Gasteiger partial charge in [0.15, 0.2) is 0 Å². The SMILES string of the molecule is O=C(CCn1cncn1)NC1(C(=O)O)CCCCC1. The average Bonchev–Trinajstić information content (AvgIpc) is 2.90. The first-order valence-electron chi connectivity index (χ1n) is 6.49. The Labute approximate surface area is 111 Å². The topological polar surface area (TPSA) is 97.1 Å². The Hall–Kier alpha value is -1.92. The van der Waals surface area contributed by atoms with E-state index >= 15 is 0 Å². The molecule has 2 rings (SSSR count). The van der Waals surface area contributed by atoms with Crippen LogP contribution in [0.2, 0.25) is 0 Å². The molecule has 2 N–H and O–H groups in total. The second-order valence-electron chi connectivity index (χ2n) is 4.90. The minimum atomic E-state index is -1.07. The molecule has 104 valence electrons. The number of hydrogen-bond acceptors (Lipinski definition) is 4. The second kappa shape index (κ2) is 5.81. The van der Waals surface area contributed by atoms with Gasteiger partial charge < -0.3 is 10.4 Å². The smallest absolute Gasteiger partial charge is 0.329 e. The zero-order valence-electron chi connectivity index (χ0n) is 10.7. The molecule has 0 radical (unpaired) electrons. The third kappa shape index (κ3) is 3.30. The van der Waals surface area contributed by atoms with Crippen LogP contribution >= 0.6 is 0 Å². The van der Waals surface area contributed by atoms with Crippen LogP contribution in [0, 0.1) is 0 Å². The fourth-order valence-corrected chi connectivity index (χ4v) is 2.44. The van der Waals surface area contributed by atoms with E-state index in [2.05, 4.69) is 15.4 Å². The normalized spacial score (nSPS) is 17.9. The van der Waals surface area contributed by atoms with Gasteiger partial charge in [0.2, 0.25) is 5.91 Å². The van der Waals surface area contributed by atoms with Crippen LogP contribution in [0.25, 0.3) is 0 Å². The number of hydrogen-bond donors (Lipinski definition) is 2. The first-order valence-corrected chi connectivity index (χ1v) is 6.49. The molecule has 0 saturated heterocycles. The van der Waals surface area contributed by atoms with Crippen molar-refractivity contribution in [2.45, 2.75) is 50.6 Å². The molecule has 1 amide bonds. The molecule has 19 heavy (non-hydrogen) atoms. The van der Waals surface area contributed by atoms with Crippen LogP contribution in [-0.2, 0) is 16.1 Å². The molecule has 7 nitrogen and oxygen atoms in total. The van der Waals surface area contributed by atoms with Crippen LogP contribution in [0.3, 0.4) is 0 Å². The minimum absolute atomic E-state index is 0.207. The van der Waals surface area contributed by atoms with E-state index in [0.717, 1.165) is 19.3 Å². The summed E-state index contributed by atoms with van der Waals surface area (Å²) in [6.45, 7) is 0.404. The van der Waals surface area contributed by atoms with Crippen LogP contribution in [0.1, 0.15) is 38.5 Å². The zero-order chi connectivity index (χ0) is 13.7. The van der Waals surface area contributed by atoms with Crippen molar-refractivity contribution in [2.24, 2.45) is 0 Å². The number of rotatable bonds is 5. The molecule has 0 spiro atoms. The summed E-state index contributed by atoms with van der Waals surface area (Å²) in [4.78, 5) is 27.1. The van der Waals surface area contributed by atoms with E-state index in [0.29, 0.717) is 19.4 Å². The monoisotopic (exact) mass is 266 g/mol. The van der Waals surface area contributed by atoms with Crippen molar-refractivity contribution in [2.75, 3.05) is 0 Å². The number of nitrogens with one attached hydrogen (secondary N) is 1. The standard InChI is InChI=1S/C12H18N4O3/c17-10(4-7-16-9-13-8-14-16)15-12(11(18)19)5-2-1-3-6-12/h8-9H,1-7H2,(H,15,17)(H,18,19). The van der Waals surface area contributed by atoms with Crippen molar-refractivity contribution >= 4 is 11.9 Å². The highest BCUT2D eigenvalue weighted by Gasteiger charge is 2.40. The Morgan fingerprint density at radius 3 is 2.63 bits per heavy atom. The van der Waals surface area contributed by atoms with Gasteiger partial charge in [0.1, 0.15) is 18.2 Å². The number of carbonyl (C=O) groups excluding carboxylic acids is 1. The van der Waals surface area contributed by atoms with Gasteiger partial charge in [-0.3, -0.25) is 9.48 Å². The molecule has 1 saturated carbocycles. The fraction of sp³-hybridized carbons (Fsp3) is 0.667. The van der Waals surface area contributed by atoms with Gasteiger partial charge in [-0.25, -0.2) is 9.78 Å². The molecular formula is C12H18N4O3. The van der Waals surface area contributed by atoms with Gasteiger partial charge in [0.25, 0.3) is 0 Å². The van der Waals surface area contributed by atoms with E-state index < -0.39 is 11.5 Å². The molecule has 1 fully saturated rings.